The third-order valence-electron chi connectivity index (χ3n) is 3.38. The molecule has 106 valence electrons. The lowest BCUT2D eigenvalue weighted by atomic mass is 9.97. The molecule has 2 rings (SSSR count). The van der Waals surface area contributed by atoms with Gasteiger partial charge in [-0.15, -0.1) is 0 Å². The number of nitrogens with one attached hydrogen (secondary N) is 1. The van der Waals surface area contributed by atoms with Crippen LogP contribution >= 0.6 is 0 Å². The van der Waals surface area contributed by atoms with Gasteiger partial charge in [-0.3, -0.25) is 4.98 Å². The zero-order chi connectivity index (χ0) is 14.4. The lowest BCUT2D eigenvalue weighted by Gasteiger charge is -2.21. The van der Waals surface area contributed by atoms with Crippen molar-refractivity contribution in [3.8, 4) is 5.75 Å². The van der Waals surface area contributed by atoms with Crippen LogP contribution in [0.2, 0.25) is 0 Å². The van der Waals surface area contributed by atoms with Gasteiger partial charge in [0.1, 0.15) is 5.75 Å². The summed E-state index contributed by atoms with van der Waals surface area (Å²) in [7, 11) is 1.70. The van der Waals surface area contributed by atoms with Gasteiger partial charge in [-0.25, -0.2) is 0 Å². The fraction of sp³-hybridized carbons (Fsp3) is 0.353. The summed E-state index contributed by atoms with van der Waals surface area (Å²) in [6.07, 6.45) is 2.93. The molecule has 3 heteroatoms. The van der Waals surface area contributed by atoms with E-state index in [0.29, 0.717) is 0 Å². The first-order valence-corrected chi connectivity index (χ1v) is 7.05. The van der Waals surface area contributed by atoms with Gasteiger partial charge in [0, 0.05) is 11.9 Å². The smallest absolute Gasteiger partial charge is 0.119 e. The molecule has 0 fully saturated rings. The minimum absolute atomic E-state index is 0.152. The van der Waals surface area contributed by atoms with Crippen LogP contribution in [0.25, 0.3) is 0 Å². The van der Waals surface area contributed by atoms with E-state index in [9.17, 15) is 0 Å². The zero-order valence-electron chi connectivity index (χ0n) is 12.4. The molecule has 1 atom stereocenters. The number of hydrogen-bond acceptors (Lipinski definition) is 3. The predicted octanol–water partition coefficient (Wildman–Crippen LogP) is 3.49. The van der Waals surface area contributed by atoms with E-state index in [2.05, 4.69) is 42.3 Å². The number of benzene rings is 1. The van der Waals surface area contributed by atoms with Crippen LogP contribution in [-0.4, -0.2) is 18.6 Å². The number of nitrogens with zero attached hydrogens (tertiary/aromatic N) is 1. The minimum Gasteiger partial charge on any atom is -0.497 e. The van der Waals surface area contributed by atoms with Crippen LogP contribution in [0.1, 0.15) is 36.2 Å². The number of aryl methyl sites for hydroxylation is 1. The van der Waals surface area contributed by atoms with Gasteiger partial charge in [-0.1, -0.05) is 25.1 Å². The fourth-order valence-corrected chi connectivity index (χ4v) is 2.32. The van der Waals surface area contributed by atoms with Crippen molar-refractivity contribution in [1.29, 1.82) is 0 Å². The highest BCUT2D eigenvalue weighted by Gasteiger charge is 2.16. The molecule has 0 aliphatic rings. The molecule has 0 bridgehead atoms. The SMILES string of the molecule is CCCNC(c1cccc(OC)c1)c1cccnc1C. The molecule has 0 aliphatic heterocycles. The molecule has 0 aliphatic carbocycles. The second-order valence-corrected chi connectivity index (χ2v) is 4.84. The van der Waals surface area contributed by atoms with Crippen LogP contribution in [-0.2, 0) is 0 Å². The summed E-state index contributed by atoms with van der Waals surface area (Å²) in [5.74, 6) is 0.882. The van der Waals surface area contributed by atoms with Crippen LogP contribution in [0.5, 0.6) is 5.75 Å². The summed E-state index contributed by atoms with van der Waals surface area (Å²) < 4.78 is 5.33. The molecule has 1 heterocycles. The van der Waals surface area contributed by atoms with Crippen LogP contribution < -0.4 is 10.1 Å². The Kier molecular flexibility index (Phi) is 5.13. The highest BCUT2D eigenvalue weighted by molar-refractivity contribution is 5.37. The molecule has 1 N–H and O–H groups in total. The number of methoxy groups -OCH3 is 1. The van der Waals surface area contributed by atoms with Crippen molar-refractivity contribution in [2.45, 2.75) is 26.3 Å². The molecule has 0 saturated heterocycles. The monoisotopic (exact) mass is 270 g/mol. The lowest BCUT2D eigenvalue weighted by Crippen LogP contribution is -2.24. The lowest BCUT2D eigenvalue weighted by molar-refractivity contribution is 0.413. The summed E-state index contributed by atoms with van der Waals surface area (Å²) in [4.78, 5) is 4.40. The Morgan fingerprint density at radius 2 is 2.10 bits per heavy atom. The topological polar surface area (TPSA) is 34.1 Å². The Morgan fingerprint density at radius 3 is 2.80 bits per heavy atom. The Hall–Kier alpha value is -1.87. The van der Waals surface area contributed by atoms with Crippen LogP contribution in [0, 0.1) is 6.92 Å². The van der Waals surface area contributed by atoms with Crippen LogP contribution in [0.15, 0.2) is 42.6 Å². The number of ether oxygens (including phenoxy) is 1. The highest BCUT2D eigenvalue weighted by atomic mass is 16.5. The second kappa shape index (κ2) is 7.06. The summed E-state index contributed by atoms with van der Waals surface area (Å²) in [5.41, 5.74) is 3.48. The molecule has 0 amide bonds. The Bertz CT molecular complexity index is 554. The molecule has 20 heavy (non-hydrogen) atoms. The molecule has 3 nitrogen and oxygen atoms in total. The molecular formula is C17H22N2O. The summed E-state index contributed by atoms with van der Waals surface area (Å²) in [5, 5.41) is 3.60. The van der Waals surface area contributed by atoms with E-state index in [4.69, 9.17) is 4.74 Å². The second-order valence-electron chi connectivity index (χ2n) is 4.84. The number of hydrogen-bond donors (Lipinski definition) is 1. The predicted molar refractivity (Wildman–Crippen MR) is 82.1 cm³/mol. The molecular weight excluding hydrogens is 248 g/mol. The van der Waals surface area contributed by atoms with E-state index in [1.165, 1.54) is 11.1 Å². The summed E-state index contributed by atoms with van der Waals surface area (Å²) in [6, 6.07) is 12.5. The Labute approximate surface area is 121 Å². The number of aromatic nitrogens is 1. The standard InChI is InChI=1S/C17H22N2O/c1-4-10-19-17(16-9-6-11-18-13(16)2)14-7-5-8-15(12-14)20-3/h5-9,11-12,17,19H,4,10H2,1-3H3. The maximum absolute atomic E-state index is 5.33. The molecule has 1 unspecified atom stereocenters. The molecule has 1 aromatic heterocycles. The fourth-order valence-electron chi connectivity index (χ4n) is 2.32. The highest BCUT2D eigenvalue weighted by Crippen LogP contribution is 2.26. The van der Waals surface area contributed by atoms with E-state index >= 15 is 0 Å². The van der Waals surface area contributed by atoms with Crippen LogP contribution in [0.3, 0.4) is 0 Å². The first kappa shape index (κ1) is 14.5. The first-order valence-electron chi connectivity index (χ1n) is 7.05. The maximum Gasteiger partial charge on any atom is 0.119 e. The van der Waals surface area contributed by atoms with E-state index in [1.807, 2.05) is 24.4 Å². The van der Waals surface area contributed by atoms with E-state index in [0.717, 1.165) is 24.4 Å². The van der Waals surface area contributed by atoms with Crippen LogP contribution in [0.4, 0.5) is 0 Å². The number of pyridine rings is 1. The average Bonchev–Trinajstić information content (AvgIpc) is 2.49. The average molecular weight is 270 g/mol. The number of rotatable bonds is 6. The van der Waals surface area contributed by atoms with Crippen molar-refractivity contribution in [2.75, 3.05) is 13.7 Å². The molecule has 0 saturated carbocycles. The van der Waals surface area contributed by atoms with Gasteiger partial charge in [-0.05, 0) is 49.2 Å². The van der Waals surface area contributed by atoms with Gasteiger partial charge in [0.15, 0.2) is 0 Å². The maximum atomic E-state index is 5.33. The normalized spacial score (nSPS) is 12.2. The summed E-state index contributed by atoms with van der Waals surface area (Å²) in [6.45, 7) is 5.19. The largest absolute Gasteiger partial charge is 0.497 e. The Morgan fingerprint density at radius 1 is 1.25 bits per heavy atom. The molecule has 2 aromatic rings. The van der Waals surface area contributed by atoms with Gasteiger partial charge in [-0.2, -0.15) is 0 Å². The third kappa shape index (κ3) is 3.36. The van der Waals surface area contributed by atoms with E-state index in [-0.39, 0.29) is 6.04 Å². The van der Waals surface area contributed by atoms with E-state index in [1.54, 1.807) is 7.11 Å². The van der Waals surface area contributed by atoms with Gasteiger partial charge >= 0.3 is 0 Å². The molecule has 0 spiro atoms. The van der Waals surface area contributed by atoms with Crippen molar-refractivity contribution < 1.29 is 4.74 Å². The van der Waals surface area contributed by atoms with Crippen molar-refractivity contribution in [3.05, 3.63) is 59.4 Å². The molecule has 0 radical (unpaired) electrons. The quantitative estimate of drug-likeness (QED) is 0.872. The first-order chi connectivity index (χ1) is 9.76. The van der Waals surface area contributed by atoms with Gasteiger partial charge in [0.05, 0.1) is 13.2 Å². The van der Waals surface area contributed by atoms with Gasteiger partial charge < -0.3 is 10.1 Å². The molecule has 1 aromatic carbocycles. The summed E-state index contributed by atoms with van der Waals surface area (Å²) >= 11 is 0. The van der Waals surface area contributed by atoms with Crippen molar-refractivity contribution in [1.82, 2.24) is 10.3 Å². The van der Waals surface area contributed by atoms with E-state index < -0.39 is 0 Å². The Balaban J connectivity index is 2.38. The van der Waals surface area contributed by atoms with Crippen molar-refractivity contribution >= 4 is 0 Å². The van der Waals surface area contributed by atoms with Gasteiger partial charge in [0.2, 0.25) is 0 Å². The van der Waals surface area contributed by atoms with Crippen molar-refractivity contribution in [2.24, 2.45) is 0 Å². The zero-order valence-corrected chi connectivity index (χ0v) is 12.4. The minimum atomic E-state index is 0.152. The van der Waals surface area contributed by atoms with Crippen molar-refractivity contribution in [3.63, 3.8) is 0 Å². The third-order valence-corrected chi connectivity index (χ3v) is 3.38. The van der Waals surface area contributed by atoms with Gasteiger partial charge in [0.25, 0.3) is 0 Å².